The van der Waals surface area contributed by atoms with Crippen molar-refractivity contribution >= 4 is 28.3 Å². The van der Waals surface area contributed by atoms with E-state index in [1.165, 1.54) is 0 Å². The molecule has 0 saturated carbocycles. The second kappa shape index (κ2) is 5.37. The molecule has 1 atom stereocenters. The number of carbonyl (C=O) groups excluding carboxylic acids is 1. The molecule has 2 aromatic carbocycles. The number of rotatable bonds is 2. The van der Waals surface area contributed by atoms with Crippen molar-refractivity contribution in [3.63, 3.8) is 0 Å². The molecule has 0 spiro atoms. The molecular formula is C19H20N4O. The zero-order valence-corrected chi connectivity index (χ0v) is 14.1. The van der Waals surface area contributed by atoms with Crippen molar-refractivity contribution in [1.82, 2.24) is 9.55 Å². The van der Waals surface area contributed by atoms with Crippen LogP contribution in [0.2, 0.25) is 0 Å². The van der Waals surface area contributed by atoms with E-state index in [4.69, 9.17) is 4.98 Å². The summed E-state index contributed by atoms with van der Waals surface area (Å²) in [6, 6.07) is 14.3. The van der Waals surface area contributed by atoms with Crippen LogP contribution in [0.15, 0.2) is 42.5 Å². The maximum Gasteiger partial charge on any atom is 0.225 e. The van der Waals surface area contributed by atoms with Crippen LogP contribution in [-0.2, 0) is 11.8 Å². The Morgan fingerprint density at radius 3 is 2.75 bits per heavy atom. The fraction of sp³-hybridized carbons (Fsp3) is 0.263. The molecule has 0 aliphatic carbocycles. The standard InChI is InChI=1S/C19H20N4O/c1-22(2)12-8-9-13-14(11-18(24)20-16(13)10-12)19-21-15-6-4-5-7-17(15)23(19)3/h4-10,14H,11H2,1-3H3,(H,20,24). The number of amides is 1. The third-order valence-electron chi connectivity index (χ3n) is 4.73. The lowest BCUT2D eigenvalue weighted by molar-refractivity contribution is -0.116. The number of nitrogens with one attached hydrogen (secondary N) is 1. The minimum Gasteiger partial charge on any atom is -0.378 e. The van der Waals surface area contributed by atoms with Crippen LogP contribution in [0.1, 0.15) is 23.7 Å². The molecule has 4 rings (SSSR count). The monoisotopic (exact) mass is 320 g/mol. The predicted molar refractivity (Wildman–Crippen MR) is 96.6 cm³/mol. The van der Waals surface area contributed by atoms with Gasteiger partial charge in [-0.1, -0.05) is 18.2 Å². The molecule has 122 valence electrons. The summed E-state index contributed by atoms with van der Waals surface area (Å²) in [6.07, 6.45) is 0.422. The number of aromatic nitrogens is 2. The SMILES string of the molecule is CN(C)c1ccc2c(c1)NC(=O)CC2c1nc2ccccc2n1C. The van der Waals surface area contributed by atoms with Crippen LogP contribution >= 0.6 is 0 Å². The van der Waals surface area contributed by atoms with Gasteiger partial charge in [-0.15, -0.1) is 0 Å². The molecule has 1 aliphatic rings. The summed E-state index contributed by atoms with van der Waals surface area (Å²) in [4.78, 5) is 19.1. The minimum absolute atomic E-state index is 0.0256. The van der Waals surface area contributed by atoms with Crippen molar-refractivity contribution < 1.29 is 4.79 Å². The van der Waals surface area contributed by atoms with E-state index in [-0.39, 0.29) is 11.8 Å². The summed E-state index contributed by atoms with van der Waals surface area (Å²) in [5.74, 6) is 0.947. The maximum absolute atomic E-state index is 12.3. The fourth-order valence-corrected chi connectivity index (χ4v) is 3.44. The lowest BCUT2D eigenvalue weighted by Gasteiger charge is -2.27. The Balaban J connectivity index is 1.87. The number of imidazole rings is 1. The molecule has 5 heteroatoms. The van der Waals surface area contributed by atoms with E-state index in [1.807, 2.05) is 50.3 Å². The number of para-hydroxylation sites is 2. The molecule has 0 saturated heterocycles. The fourth-order valence-electron chi connectivity index (χ4n) is 3.44. The molecule has 0 fully saturated rings. The largest absolute Gasteiger partial charge is 0.378 e. The van der Waals surface area contributed by atoms with Crippen molar-refractivity contribution in [3.05, 3.63) is 53.9 Å². The summed E-state index contributed by atoms with van der Waals surface area (Å²) in [5.41, 5.74) is 5.13. The zero-order valence-electron chi connectivity index (χ0n) is 14.1. The van der Waals surface area contributed by atoms with Crippen molar-refractivity contribution in [2.24, 2.45) is 7.05 Å². The highest BCUT2D eigenvalue weighted by atomic mass is 16.1. The molecule has 1 unspecified atom stereocenters. The summed E-state index contributed by atoms with van der Waals surface area (Å²) in [5, 5.41) is 3.01. The number of hydrogen-bond acceptors (Lipinski definition) is 3. The Bertz CT molecular complexity index is 942. The predicted octanol–water partition coefficient (Wildman–Crippen LogP) is 3.11. The first-order valence-corrected chi connectivity index (χ1v) is 8.07. The first kappa shape index (κ1) is 14.8. The van der Waals surface area contributed by atoms with E-state index < -0.39 is 0 Å². The Morgan fingerprint density at radius 1 is 1.21 bits per heavy atom. The summed E-state index contributed by atoms with van der Waals surface area (Å²) in [7, 11) is 6.01. The second-order valence-corrected chi connectivity index (χ2v) is 6.49. The smallest absolute Gasteiger partial charge is 0.225 e. The van der Waals surface area contributed by atoms with E-state index in [0.717, 1.165) is 33.8 Å². The Labute approximate surface area is 140 Å². The number of aryl methyl sites for hydroxylation is 1. The second-order valence-electron chi connectivity index (χ2n) is 6.49. The average molecular weight is 320 g/mol. The topological polar surface area (TPSA) is 50.2 Å². The lowest BCUT2D eigenvalue weighted by Crippen LogP contribution is -2.25. The molecule has 5 nitrogen and oxygen atoms in total. The molecule has 1 aromatic heterocycles. The summed E-state index contributed by atoms with van der Waals surface area (Å²) >= 11 is 0. The van der Waals surface area contributed by atoms with Crippen LogP contribution in [0.4, 0.5) is 11.4 Å². The first-order chi connectivity index (χ1) is 11.5. The normalized spacial score (nSPS) is 16.8. The number of benzene rings is 2. The Morgan fingerprint density at radius 2 is 2.00 bits per heavy atom. The van der Waals surface area contributed by atoms with Gasteiger partial charge in [-0.25, -0.2) is 4.98 Å². The molecule has 0 bridgehead atoms. The molecule has 1 aliphatic heterocycles. The van der Waals surface area contributed by atoms with Gasteiger partial charge >= 0.3 is 0 Å². The third kappa shape index (κ3) is 2.24. The Hall–Kier alpha value is -2.82. The van der Waals surface area contributed by atoms with E-state index in [1.54, 1.807) is 0 Å². The number of fused-ring (bicyclic) bond motifs is 2. The summed E-state index contributed by atoms with van der Waals surface area (Å²) < 4.78 is 2.10. The average Bonchev–Trinajstić information content (AvgIpc) is 2.90. The molecule has 1 N–H and O–H groups in total. The van der Waals surface area contributed by atoms with E-state index in [9.17, 15) is 4.79 Å². The van der Waals surface area contributed by atoms with E-state index >= 15 is 0 Å². The number of nitrogens with zero attached hydrogens (tertiary/aromatic N) is 3. The van der Waals surface area contributed by atoms with Gasteiger partial charge < -0.3 is 14.8 Å². The lowest BCUT2D eigenvalue weighted by atomic mass is 9.89. The highest BCUT2D eigenvalue weighted by Crippen LogP contribution is 2.39. The van der Waals surface area contributed by atoms with E-state index in [0.29, 0.717) is 6.42 Å². The van der Waals surface area contributed by atoms with Crippen LogP contribution in [-0.4, -0.2) is 29.6 Å². The summed E-state index contributed by atoms with van der Waals surface area (Å²) in [6.45, 7) is 0. The van der Waals surface area contributed by atoms with Gasteiger partial charge in [0.05, 0.1) is 17.0 Å². The highest BCUT2D eigenvalue weighted by molar-refractivity contribution is 5.96. The minimum atomic E-state index is -0.0256. The van der Waals surface area contributed by atoms with Crippen molar-refractivity contribution in [1.29, 1.82) is 0 Å². The molecular weight excluding hydrogens is 300 g/mol. The number of hydrogen-bond donors (Lipinski definition) is 1. The number of carbonyl (C=O) groups is 1. The van der Waals surface area contributed by atoms with E-state index in [2.05, 4.69) is 28.1 Å². The van der Waals surface area contributed by atoms with Crippen LogP contribution in [0.5, 0.6) is 0 Å². The van der Waals surface area contributed by atoms with Crippen molar-refractivity contribution in [2.45, 2.75) is 12.3 Å². The molecule has 1 amide bonds. The number of anilines is 2. The maximum atomic E-state index is 12.3. The van der Waals surface area contributed by atoms with Gasteiger partial charge in [0.25, 0.3) is 0 Å². The van der Waals surface area contributed by atoms with Gasteiger partial charge in [-0.2, -0.15) is 0 Å². The van der Waals surface area contributed by atoms with Crippen LogP contribution in [0.3, 0.4) is 0 Å². The quantitative estimate of drug-likeness (QED) is 0.789. The van der Waals surface area contributed by atoms with Gasteiger partial charge in [0.1, 0.15) is 5.82 Å². The van der Waals surface area contributed by atoms with Gasteiger partial charge in [0, 0.05) is 38.9 Å². The van der Waals surface area contributed by atoms with Gasteiger partial charge in [-0.05, 0) is 29.8 Å². The van der Waals surface area contributed by atoms with Crippen molar-refractivity contribution in [3.8, 4) is 0 Å². The zero-order chi connectivity index (χ0) is 16.8. The van der Waals surface area contributed by atoms with Gasteiger partial charge in [0.15, 0.2) is 0 Å². The highest BCUT2D eigenvalue weighted by Gasteiger charge is 2.30. The molecule has 2 heterocycles. The van der Waals surface area contributed by atoms with Crippen LogP contribution in [0, 0.1) is 0 Å². The van der Waals surface area contributed by atoms with Gasteiger partial charge in [0.2, 0.25) is 5.91 Å². The van der Waals surface area contributed by atoms with Crippen LogP contribution in [0.25, 0.3) is 11.0 Å². The molecule has 3 aromatic rings. The molecule has 24 heavy (non-hydrogen) atoms. The van der Waals surface area contributed by atoms with Crippen molar-refractivity contribution in [2.75, 3.05) is 24.3 Å². The first-order valence-electron chi connectivity index (χ1n) is 8.07. The van der Waals surface area contributed by atoms with Gasteiger partial charge in [-0.3, -0.25) is 4.79 Å². The molecule has 0 radical (unpaired) electrons. The van der Waals surface area contributed by atoms with Crippen LogP contribution < -0.4 is 10.2 Å². The third-order valence-corrected chi connectivity index (χ3v) is 4.73. The Kier molecular flexibility index (Phi) is 3.30.